The second-order valence-corrected chi connectivity index (χ2v) is 5.83. The van der Waals surface area contributed by atoms with E-state index in [2.05, 4.69) is 21.0 Å². The predicted molar refractivity (Wildman–Crippen MR) is 75.0 cm³/mol. The molecule has 1 aliphatic carbocycles. The van der Waals surface area contributed by atoms with Gasteiger partial charge in [-0.3, -0.25) is 4.68 Å². The van der Waals surface area contributed by atoms with Gasteiger partial charge in [-0.2, -0.15) is 5.10 Å². The van der Waals surface area contributed by atoms with Crippen molar-refractivity contribution in [3.05, 3.63) is 16.4 Å². The summed E-state index contributed by atoms with van der Waals surface area (Å²) in [6.45, 7) is 1.18. The molecule has 1 aliphatic rings. The largest absolute Gasteiger partial charge is 0.384 e. The summed E-state index contributed by atoms with van der Waals surface area (Å²) in [5.74, 6) is 0. The van der Waals surface area contributed by atoms with Crippen LogP contribution in [0.1, 0.15) is 37.5 Å². The van der Waals surface area contributed by atoms with E-state index in [1.54, 1.807) is 25.1 Å². The third-order valence-electron chi connectivity index (χ3n) is 3.95. The zero-order valence-electron chi connectivity index (χ0n) is 11.4. The summed E-state index contributed by atoms with van der Waals surface area (Å²) in [6.07, 6.45) is 4.99. The van der Waals surface area contributed by atoms with Crippen molar-refractivity contribution >= 4 is 15.9 Å². The number of methoxy groups -OCH3 is 2. The number of hydrogen-bond donors (Lipinski definition) is 1. The van der Waals surface area contributed by atoms with E-state index in [4.69, 9.17) is 9.47 Å². The number of nitrogens with zero attached hydrogens (tertiary/aromatic N) is 2. The summed E-state index contributed by atoms with van der Waals surface area (Å²) in [5, 5.41) is 15.0. The highest BCUT2D eigenvalue weighted by Gasteiger charge is 2.43. The molecule has 0 aromatic carbocycles. The van der Waals surface area contributed by atoms with Crippen LogP contribution >= 0.6 is 15.9 Å². The Labute approximate surface area is 122 Å². The van der Waals surface area contributed by atoms with Gasteiger partial charge in [0.25, 0.3) is 0 Å². The van der Waals surface area contributed by atoms with Crippen molar-refractivity contribution in [1.29, 1.82) is 0 Å². The van der Waals surface area contributed by atoms with E-state index in [1.807, 2.05) is 0 Å². The lowest BCUT2D eigenvalue weighted by Crippen LogP contribution is -2.37. The molecule has 0 aliphatic heterocycles. The van der Waals surface area contributed by atoms with Gasteiger partial charge in [0.15, 0.2) is 0 Å². The molecule has 108 valence electrons. The standard InChI is InChI=1S/C13H21BrN2O3/c1-18-8-7-16-11(10(14)9-15-16)12(17)13(19-2)5-3-4-6-13/h9,12,17H,3-8H2,1-2H3. The third-order valence-corrected chi connectivity index (χ3v) is 4.57. The minimum Gasteiger partial charge on any atom is -0.384 e. The maximum atomic E-state index is 10.8. The fourth-order valence-electron chi connectivity index (χ4n) is 2.81. The number of aromatic nitrogens is 2. The average molecular weight is 333 g/mol. The molecule has 1 unspecified atom stereocenters. The summed E-state index contributed by atoms with van der Waals surface area (Å²) in [5.41, 5.74) is 0.300. The van der Waals surface area contributed by atoms with Crippen molar-refractivity contribution in [3.8, 4) is 0 Å². The number of hydrogen-bond acceptors (Lipinski definition) is 4. The van der Waals surface area contributed by atoms with E-state index in [0.29, 0.717) is 13.2 Å². The molecule has 19 heavy (non-hydrogen) atoms. The van der Waals surface area contributed by atoms with Crippen LogP contribution in [0.25, 0.3) is 0 Å². The van der Waals surface area contributed by atoms with E-state index in [-0.39, 0.29) is 0 Å². The molecule has 0 saturated heterocycles. The van der Waals surface area contributed by atoms with Crippen LogP contribution in [0.4, 0.5) is 0 Å². The van der Waals surface area contributed by atoms with Crippen molar-refractivity contribution < 1.29 is 14.6 Å². The first-order valence-corrected chi connectivity index (χ1v) is 7.37. The molecule has 1 fully saturated rings. The second kappa shape index (κ2) is 6.35. The van der Waals surface area contributed by atoms with Crippen molar-refractivity contribution in [2.75, 3.05) is 20.8 Å². The van der Waals surface area contributed by atoms with Gasteiger partial charge in [0.2, 0.25) is 0 Å². The average Bonchev–Trinajstić information content (AvgIpc) is 3.03. The van der Waals surface area contributed by atoms with Gasteiger partial charge in [-0.15, -0.1) is 0 Å². The Morgan fingerprint density at radius 3 is 2.74 bits per heavy atom. The molecule has 1 N–H and O–H groups in total. The fourth-order valence-corrected chi connectivity index (χ4v) is 3.32. The number of rotatable bonds is 6. The zero-order valence-corrected chi connectivity index (χ0v) is 13.0. The van der Waals surface area contributed by atoms with Crippen LogP contribution in [0.5, 0.6) is 0 Å². The van der Waals surface area contributed by atoms with Gasteiger partial charge >= 0.3 is 0 Å². The maximum absolute atomic E-state index is 10.8. The van der Waals surface area contributed by atoms with Crippen LogP contribution < -0.4 is 0 Å². The molecule has 0 amide bonds. The molecule has 0 bridgehead atoms. The molecule has 5 nitrogen and oxygen atoms in total. The highest BCUT2D eigenvalue weighted by Crippen LogP contribution is 2.44. The second-order valence-electron chi connectivity index (χ2n) is 4.97. The molecule has 1 aromatic heterocycles. The molecule has 0 radical (unpaired) electrons. The van der Waals surface area contributed by atoms with Gasteiger partial charge < -0.3 is 14.6 Å². The van der Waals surface area contributed by atoms with Gasteiger partial charge in [0.1, 0.15) is 6.10 Å². The first kappa shape index (κ1) is 15.0. The first-order valence-electron chi connectivity index (χ1n) is 6.58. The van der Waals surface area contributed by atoms with Crippen LogP contribution in [-0.2, 0) is 16.0 Å². The minimum absolute atomic E-state index is 0.479. The Morgan fingerprint density at radius 2 is 2.16 bits per heavy atom. The van der Waals surface area contributed by atoms with Gasteiger partial charge in [-0.1, -0.05) is 12.8 Å². The predicted octanol–water partition coefficient (Wildman–Crippen LogP) is 2.28. The quantitative estimate of drug-likeness (QED) is 0.868. The summed E-state index contributed by atoms with van der Waals surface area (Å²) < 4.78 is 13.3. The smallest absolute Gasteiger partial charge is 0.126 e. The van der Waals surface area contributed by atoms with Crippen molar-refractivity contribution in [2.45, 2.75) is 43.9 Å². The first-order chi connectivity index (χ1) is 9.14. The van der Waals surface area contributed by atoms with E-state index in [1.165, 1.54) is 0 Å². The molecule has 6 heteroatoms. The summed E-state index contributed by atoms with van der Waals surface area (Å²) in [6, 6.07) is 0. The van der Waals surface area contributed by atoms with E-state index < -0.39 is 11.7 Å². The monoisotopic (exact) mass is 332 g/mol. The zero-order chi connectivity index (χ0) is 13.9. The lowest BCUT2D eigenvalue weighted by molar-refractivity contribution is -0.104. The molecule has 1 heterocycles. The maximum Gasteiger partial charge on any atom is 0.126 e. The normalized spacial score (nSPS) is 19.8. The van der Waals surface area contributed by atoms with Gasteiger partial charge in [-0.25, -0.2) is 0 Å². The van der Waals surface area contributed by atoms with Crippen LogP contribution in [0.15, 0.2) is 10.7 Å². The van der Waals surface area contributed by atoms with Crippen molar-refractivity contribution in [3.63, 3.8) is 0 Å². The summed E-state index contributed by atoms with van der Waals surface area (Å²) in [7, 11) is 3.33. The Kier molecular flexibility index (Phi) is 5.00. The molecule has 0 spiro atoms. The molecule has 1 aromatic rings. The highest BCUT2D eigenvalue weighted by atomic mass is 79.9. The number of ether oxygens (including phenoxy) is 2. The Morgan fingerprint density at radius 1 is 1.47 bits per heavy atom. The van der Waals surface area contributed by atoms with Gasteiger partial charge in [-0.05, 0) is 28.8 Å². The number of halogens is 1. The van der Waals surface area contributed by atoms with Crippen molar-refractivity contribution in [2.24, 2.45) is 0 Å². The van der Waals surface area contributed by atoms with Crippen LogP contribution in [0.2, 0.25) is 0 Å². The molecule has 2 rings (SSSR count). The lowest BCUT2D eigenvalue weighted by Gasteiger charge is -2.33. The Balaban J connectivity index is 2.26. The summed E-state index contributed by atoms with van der Waals surface area (Å²) >= 11 is 3.47. The minimum atomic E-state index is -0.672. The van der Waals surface area contributed by atoms with Crippen LogP contribution in [-0.4, -0.2) is 41.3 Å². The van der Waals surface area contributed by atoms with E-state index in [0.717, 1.165) is 35.8 Å². The fraction of sp³-hybridized carbons (Fsp3) is 0.769. The Hall–Kier alpha value is -0.430. The molecular weight excluding hydrogens is 312 g/mol. The van der Waals surface area contributed by atoms with Gasteiger partial charge in [0, 0.05) is 14.2 Å². The highest BCUT2D eigenvalue weighted by molar-refractivity contribution is 9.10. The van der Waals surface area contributed by atoms with Gasteiger partial charge in [0.05, 0.1) is 35.1 Å². The molecule has 1 saturated carbocycles. The summed E-state index contributed by atoms with van der Waals surface area (Å²) in [4.78, 5) is 0. The van der Waals surface area contributed by atoms with Crippen molar-refractivity contribution in [1.82, 2.24) is 9.78 Å². The van der Waals surface area contributed by atoms with Crippen LogP contribution in [0.3, 0.4) is 0 Å². The van der Waals surface area contributed by atoms with E-state index in [9.17, 15) is 5.11 Å². The number of aliphatic hydroxyl groups excluding tert-OH is 1. The third kappa shape index (κ3) is 2.86. The lowest BCUT2D eigenvalue weighted by atomic mass is 9.92. The SMILES string of the molecule is COCCn1ncc(Br)c1C(O)C1(OC)CCCC1. The Bertz CT molecular complexity index is 416. The van der Waals surface area contributed by atoms with Crippen LogP contribution in [0, 0.1) is 0 Å². The molecular formula is C13H21BrN2O3. The van der Waals surface area contributed by atoms with E-state index >= 15 is 0 Å². The molecule has 1 atom stereocenters. The topological polar surface area (TPSA) is 56.5 Å². The number of aliphatic hydroxyl groups is 1.